The number of hydrogen-bond donors (Lipinski definition) is 0. The molecule has 0 amide bonds. The zero-order valence-corrected chi connectivity index (χ0v) is 14.5. The second-order valence-corrected chi connectivity index (χ2v) is 6.25. The van der Waals surface area contributed by atoms with E-state index in [1.807, 2.05) is 12.1 Å². The molecule has 0 aromatic heterocycles. The molecule has 0 aliphatic rings. The Bertz CT molecular complexity index is 1020. The van der Waals surface area contributed by atoms with Gasteiger partial charge in [-0.05, 0) is 57.6 Å². The summed E-state index contributed by atoms with van der Waals surface area (Å²) in [6.45, 7) is 2.18. The Morgan fingerprint density at radius 1 is 0.640 bits per heavy atom. The maximum Gasteiger partial charge on any atom is 0.118 e. The summed E-state index contributed by atoms with van der Waals surface area (Å²) in [6, 6.07) is 29.9. The molecule has 4 aromatic rings. The van der Waals surface area contributed by atoms with E-state index in [0.717, 1.165) is 5.75 Å². The highest BCUT2D eigenvalue weighted by atomic mass is 16.5. The summed E-state index contributed by atoms with van der Waals surface area (Å²) in [6.07, 6.45) is 0. The Morgan fingerprint density at radius 3 is 2.12 bits per heavy atom. The van der Waals surface area contributed by atoms with E-state index < -0.39 is 0 Å². The maximum absolute atomic E-state index is 5.30. The minimum absolute atomic E-state index is 0.878. The molecule has 4 rings (SSSR count). The summed E-state index contributed by atoms with van der Waals surface area (Å²) < 4.78 is 5.30. The van der Waals surface area contributed by atoms with Gasteiger partial charge in [0, 0.05) is 0 Å². The smallest absolute Gasteiger partial charge is 0.118 e. The van der Waals surface area contributed by atoms with Crippen molar-refractivity contribution in [3.05, 3.63) is 90.5 Å². The van der Waals surface area contributed by atoms with Crippen LogP contribution in [0.2, 0.25) is 0 Å². The van der Waals surface area contributed by atoms with E-state index in [0.29, 0.717) is 0 Å². The summed E-state index contributed by atoms with van der Waals surface area (Å²) >= 11 is 0. The molecule has 122 valence electrons. The molecule has 0 atom stereocenters. The average Bonchev–Trinajstić information content (AvgIpc) is 2.67. The van der Waals surface area contributed by atoms with E-state index in [2.05, 4.69) is 79.7 Å². The van der Waals surface area contributed by atoms with Crippen LogP contribution in [0.15, 0.2) is 84.9 Å². The van der Waals surface area contributed by atoms with Gasteiger partial charge in [-0.1, -0.05) is 72.8 Å². The molecule has 0 bridgehead atoms. The van der Waals surface area contributed by atoms with Crippen molar-refractivity contribution in [3.63, 3.8) is 0 Å². The molecule has 0 saturated heterocycles. The molecule has 0 aliphatic heterocycles. The largest absolute Gasteiger partial charge is 0.497 e. The van der Waals surface area contributed by atoms with E-state index in [1.54, 1.807) is 7.11 Å². The van der Waals surface area contributed by atoms with Gasteiger partial charge in [0.1, 0.15) is 5.75 Å². The molecule has 0 spiro atoms. The molecule has 0 aliphatic carbocycles. The van der Waals surface area contributed by atoms with Crippen LogP contribution in [0.3, 0.4) is 0 Å². The van der Waals surface area contributed by atoms with Gasteiger partial charge in [0.15, 0.2) is 0 Å². The van der Waals surface area contributed by atoms with Crippen LogP contribution in [-0.2, 0) is 0 Å². The highest BCUT2D eigenvalue weighted by Crippen LogP contribution is 2.38. The molecule has 1 nitrogen and oxygen atoms in total. The monoisotopic (exact) mass is 324 g/mol. The standard InChI is InChI=1S/C24H20O/c1-17-7-5-11-22(19-13-15-20(25-2)16-14-19)24(17)23-12-6-9-18-8-3-4-10-21(18)23/h3-16H,1-2H3. The molecular formula is C24H20O. The molecule has 1 heteroatoms. The molecule has 0 radical (unpaired) electrons. The lowest BCUT2D eigenvalue weighted by molar-refractivity contribution is 0.415. The average molecular weight is 324 g/mol. The first kappa shape index (κ1) is 15.5. The quantitative estimate of drug-likeness (QED) is 0.418. The van der Waals surface area contributed by atoms with Crippen molar-refractivity contribution < 1.29 is 4.74 Å². The number of hydrogen-bond acceptors (Lipinski definition) is 1. The van der Waals surface area contributed by atoms with Gasteiger partial charge in [0.05, 0.1) is 7.11 Å². The van der Waals surface area contributed by atoms with Gasteiger partial charge in [-0.15, -0.1) is 0 Å². The SMILES string of the molecule is COc1ccc(-c2cccc(C)c2-c2cccc3ccccc23)cc1. The number of ether oxygens (including phenoxy) is 1. The van der Waals surface area contributed by atoms with Gasteiger partial charge in [-0.25, -0.2) is 0 Å². The lowest BCUT2D eigenvalue weighted by atomic mass is 9.88. The zero-order valence-electron chi connectivity index (χ0n) is 14.5. The second kappa shape index (κ2) is 6.45. The van der Waals surface area contributed by atoms with E-state index in [9.17, 15) is 0 Å². The Balaban J connectivity index is 1.98. The van der Waals surface area contributed by atoms with E-state index in [4.69, 9.17) is 4.74 Å². The molecule has 0 heterocycles. The van der Waals surface area contributed by atoms with Crippen LogP contribution < -0.4 is 4.74 Å². The van der Waals surface area contributed by atoms with Gasteiger partial charge in [0.2, 0.25) is 0 Å². The highest BCUT2D eigenvalue weighted by molar-refractivity contribution is 6.01. The molecule has 0 N–H and O–H groups in total. The summed E-state index contributed by atoms with van der Waals surface area (Å²) in [5.74, 6) is 0.878. The predicted octanol–water partition coefficient (Wildman–Crippen LogP) is 6.49. The van der Waals surface area contributed by atoms with Gasteiger partial charge in [-0.2, -0.15) is 0 Å². The fourth-order valence-corrected chi connectivity index (χ4v) is 3.48. The van der Waals surface area contributed by atoms with Crippen molar-refractivity contribution >= 4 is 10.8 Å². The van der Waals surface area contributed by atoms with Crippen LogP contribution in [0.5, 0.6) is 5.75 Å². The topological polar surface area (TPSA) is 9.23 Å². The molecular weight excluding hydrogens is 304 g/mol. The normalized spacial score (nSPS) is 10.8. The highest BCUT2D eigenvalue weighted by Gasteiger charge is 2.12. The van der Waals surface area contributed by atoms with Crippen molar-refractivity contribution in [1.29, 1.82) is 0 Å². The number of fused-ring (bicyclic) bond motifs is 1. The first-order valence-electron chi connectivity index (χ1n) is 8.50. The third kappa shape index (κ3) is 2.78. The zero-order chi connectivity index (χ0) is 17.2. The lowest BCUT2D eigenvalue weighted by Gasteiger charge is -2.16. The van der Waals surface area contributed by atoms with Crippen molar-refractivity contribution in [1.82, 2.24) is 0 Å². The van der Waals surface area contributed by atoms with Crippen LogP contribution in [0, 0.1) is 6.92 Å². The molecule has 4 aromatic carbocycles. The van der Waals surface area contributed by atoms with Crippen LogP contribution in [0.25, 0.3) is 33.0 Å². The van der Waals surface area contributed by atoms with Crippen molar-refractivity contribution in [2.24, 2.45) is 0 Å². The Morgan fingerprint density at radius 2 is 1.32 bits per heavy atom. The number of rotatable bonds is 3. The molecule has 0 unspecified atom stereocenters. The number of aryl methyl sites for hydroxylation is 1. The molecule has 0 fully saturated rings. The fraction of sp³-hybridized carbons (Fsp3) is 0.0833. The number of benzene rings is 4. The van der Waals surface area contributed by atoms with Crippen molar-refractivity contribution in [2.45, 2.75) is 6.92 Å². The third-order valence-electron chi connectivity index (χ3n) is 4.73. The lowest BCUT2D eigenvalue weighted by Crippen LogP contribution is -1.91. The Hall–Kier alpha value is -3.06. The van der Waals surface area contributed by atoms with E-state index >= 15 is 0 Å². The van der Waals surface area contributed by atoms with Crippen LogP contribution >= 0.6 is 0 Å². The van der Waals surface area contributed by atoms with Crippen molar-refractivity contribution in [3.8, 4) is 28.0 Å². The van der Waals surface area contributed by atoms with Crippen LogP contribution in [-0.4, -0.2) is 7.11 Å². The summed E-state index contributed by atoms with van der Waals surface area (Å²) in [5.41, 5.74) is 6.31. The minimum atomic E-state index is 0.878. The maximum atomic E-state index is 5.30. The first-order valence-corrected chi connectivity index (χ1v) is 8.50. The van der Waals surface area contributed by atoms with E-state index in [-0.39, 0.29) is 0 Å². The van der Waals surface area contributed by atoms with Crippen LogP contribution in [0.4, 0.5) is 0 Å². The Kier molecular flexibility index (Phi) is 3.99. The summed E-state index contributed by atoms with van der Waals surface area (Å²) in [7, 11) is 1.70. The van der Waals surface area contributed by atoms with Gasteiger partial charge in [0.25, 0.3) is 0 Å². The first-order chi connectivity index (χ1) is 12.3. The van der Waals surface area contributed by atoms with Gasteiger partial charge < -0.3 is 4.74 Å². The Labute approximate surface area is 148 Å². The minimum Gasteiger partial charge on any atom is -0.497 e. The van der Waals surface area contributed by atoms with Gasteiger partial charge in [-0.3, -0.25) is 0 Å². The van der Waals surface area contributed by atoms with E-state index in [1.165, 1.54) is 38.6 Å². The number of methoxy groups -OCH3 is 1. The van der Waals surface area contributed by atoms with Crippen LogP contribution in [0.1, 0.15) is 5.56 Å². The summed E-state index contributed by atoms with van der Waals surface area (Å²) in [5, 5.41) is 2.55. The molecule has 0 saturated carbocycles. The van der Waals surface area contributed by atoms with Gasteiger partial charge >= 0.3 is 0 Å². The second-order valence-electron chi connectivity index (χ2n) is 6.25. The summed E-state index contributed by atoms with van der Waals surface area (Å²) in [4.78, 5) is 0. The fourth-order valence-electron chi connectivity index (χ4n) is 3.48. The molecule has 25 heavy (non-hydrogen) atoms. The predicted molar refractivity (Wildman–Crippen MR) is 106 cm³/mol. The third-order valence-corrected chi connectivity index (χ3v) is 4.73. The van der Waals surface area contributed by atoms with Crippen molar-refractivity contribution in [2.75, 3.05) is 7.11 Å².